The van der Waals surface area contributed by atoms with Gasteiger partial charge in [0.15, 0.2) is 5.65 Å². The van der Waals surface area contributed by atoms with Gasteiger partial charge in [-0.2, -0.15) is 0 Å². The molecule has 0 N–H and O–H groups in total. The number of fused-ring (bicyclic) bond motifs is 1. The standard InChI is InChI=1S/C7H5IN2OS/c8-11-12-10-5-3-6-2-1-4-9-7(6)10/h1-5H. The molecule has 2 rings (SSSR count). The minimum Gasteiger partial charge on any atom is -0.251 e. The molecule has 0 atom stereocenters. The van der Waals surface area contributed by atoms with Crippen molar-refractivity contribution in [3.05, 3.63) is 30.6 Å². The lowest BCUT2D eigenvalue weighted by atomic mass is 10.3. The summed E-state index contributed by atoms with van der Waals surface area (Å²) >= 11 is 3.09. The van der Waals surface area contributed by atoms with Crippen LogP contribution in [0, 0.1) is 0 Å². The van der Waals surface area contributed by atoms with E-state index in [0.717, 1.165) is 11.0 Å². The molecule has 2 heterocycles. The van der Waals surface area contributed by atoms with Crippen LogP contribution in [0.25, 0.3) is 11.0 Å². The van der Waals surface area contributed by atoms with Crippen molar-refractivity contribution in [2.45, 2.75) is 0 Å². The highest BCUT2D eigenvalue weighted by Gasteiger charge is 2.00. The Morgan fingerprint density at radius 3 is 3.25 bits per heavy atom. The van der Waals surface area contributed by atoms with Crippen molar-refractivity contribution < 1.29 is 2.51 Å². The first kappa shape index (κ1) is 8.33. The second-order valence-corrected chi connectivity index (χ2v) is 3.94. The van der Waals surface area contributed by atoms with Gasteiger partial charge in [0.05, 0.1) is 0 Å². The molecule has 0 bridgehead atoms. The Hall–Kier alpha value is -0.270. The molecule has 0 fully saturated rings. The topological polar surface area (TPSA) is 27.1 Å². The SMILES string of the molecule is IOSn1ccc2cccnc21. The highest BCUT2D eigenvalue weighted by atomic mass is 127. The van der Waals surface area contributed by atoms with E-state index in [1.807, 2.05) is 51.4 Å². The summed E-state index contributed by atoms with van der Waals surface area (Å²) in [5, 5.41) is 1.12. The van der Waals surface area contributed by atoms with E-state index in [2.05, 4.69) is 4.98 Å². The fraction of sp³-hybridized carbons (Fsp3) is 0. The molecule has 0 radical (unpaired) electrons. The third-order valence-electron chi connectivity index (χ3n) is 1.52. The first-order valence-corrected chi connectivity index (χ1v) is 4.87. The third kappa shape index (κ3) is 1.44. The highest BCUT2D eigenvalue weighted by molar-refractivity contribution is 14.1. The van der Waals surface area contributed by atoms with Crippen LogP contribution in [-0.2, 0) is 2.51 Å². The second kappa shape index (κ2) is 3.63. The minimum atomic E-state index is 0.930. The van der Waals surface area contributed by atoms with Crippen LogP contribution in [0.5, 0.6) is 0 Å². The number of hydrogen-bond donors (Lipinski definition) is 0. The molecule has 0 aliphatic rings. The third-order valence-corrected chi connectivity index (χ3v) is 2.52. The molecule has 0 spiro atoms. The fourth-order valence-corrected chi connectivity index (χ4v) is 1.95. The molecule has 12 heavy (non-hydrogen) atoms. The van der Waals surface area contributed by atoms with Gasteiger partial charge in [-0.05, 0) is 18.2 Å². The molecule has 0 amide bonds. The lowest BCUT2D eigenvalue weighted by Crippen LogP contribution is -1.84. The Kier molecular flexibility index (Phi) is 2.52. The van der Waals surface area contributed by atoms with Crippen molar-refractivity contribution in [1.82, 2.24) is 8.96 Å². The van der Waals surface area contributed by atoms with E-state index in [0.29, 0.717) is 0 Å². The van der Waals surface area contributed by atoms with Crippen molar-refractivity contribution in [3.63, 3.8) is 0 Å². The molecular formula is C7H5IN2OS. The molecule has 0 aromatic carbocycles. The number of halogens is 1. The van der Waals surface area contributed by atoms with E-state index < -0.39 is 0 Å². The summed E-state index contributed by atoms with van der Waals surface area (Å²) < 4.78 is 6.78. The normalized spacial score (nSPS) is 10.8. The molecule has 0 aliphatic heterocycles. The van der Waals surface area contributed by atoms with E-state index in [1.165, 1.54) is 12.2 Å². The average Bonchev–Trinajstić information content (AvgIpc) is 2.50. The van der Waals surface area contributed by atoms with Crippen molar-refractivity contribution in [2.75, 3.05) is 0 Å². The van der Waals surface area contributed by atoms with Crippen molar-refractivity contribution in [2.24, 2.45) is 0 Å². The number of hydrogen-bond acceptors (Lipinski definition) is 3. The molecule has 3 nitrogen and oxygen atoms in total. The van der Waals surface area contributed by atoms with E-state index in [4.69, 9.17) is 2.51 Å². The summed E-state index contributed by atoms with van der Waals surface area (Å²) in [7, 11) is 0. The molecule has 2 aromatic heterocycles. The van der Waals surface area contributed by atoms with Gasteiger partial charge in [-0.3, -0.25) is 3.97 Å². The molecular weight excluding hydrogens is 287 g/mol. The zero-order valence-electron chi connectivity index (χ0n) is 5.98. The monoisotopic (exact) mass is 292 g/mol. The molecule has 0 saturated carbocycles. The highest BCUT2D eigenvalue weighted by Crippen LogP contribution is 2.20. The Morgan fingerprint density at radius 2 is 2.42 bits per heavy atom. The van der Waals surface area contributed by atoms with Crippen LogP contribution in [0.4, 0.5) is 0 Å². The summed E-state index contributed by atoms with van der Waals surface area (Å²) in [6.45, 7) is 0. The van der Waals surface area contributed by atoms with Gasteiger partial charge in [-0.1, -0.05) is 0 Å². The molecule has 0 saturated heterocycles. The van der Waals surface area contributed by atoms with Crippen molar-refractivity contribution >= 4 is 46.3 Å². The maximum Gasteiger partial charge on any atom is 0.151 e. The van der Waals surface area contributed by atoms with Crippen LogP contribution < -0.4 is 0 Å². The van der Waals surface area contributed by atoms with Crippen LogP contribution in [0.2, 0.25) is 0 Å². The lowest BCUT2D eigenvalue weighted by molar-refractivity contribution is 0.830. The smallest absolute Gasteiger partial charge is 0.151 e. The van der Waals surface area contributed by atoms with E-state index >= 15 is 0 Å². The maximum absolute atomic E-state index is 4.90. The van der Waals surface area contributed by atoms with Gasteiger partial charge in [0.1, 0.15) is 35.2 Å². The van der Waals surface area contributed by atoms with Crippen LogP contribution in [0.3, 0.4) is 0 Å². The average molecular weight is 292 g/mol. The summed E-state index contributed by atoms with van der Waals surface area (Å²) in [5.41, 5.74) is 0.930. The molecule has 0 unspecified atom stereocenters. The Bertz CT molecular complexity index is 390. The molecule has 0 aliphatic carbocycles. The molecule has 62 valence electrons. The Labute approximate surface area is 88.1 Å². The predicted molar refractivity (Wildman–Crippen MR) is 57.8 cm³/mol. The van der Waals surface area contributed by atoms with Crippen molar-refractivity contribution in [1.29, 1.82) is 0 Å². The zero-order valence-corrected chi connectivity index (χ0v) is 8.95. The summed E-state index contributed by atoms with van der Waals surface area (Å²) in [6, 6.07) is 5.94. The van der Waals surface area contributed by atoms with Gasteiger partial charge >= 0.3 is 0 Å². The lowest BCUT2D eigenvalue weighted by Gasteiger charge is -1.96. The van der Waals surface area contributed by atoms with Crippen molar-refractivity contribution in [3.8, 4) is 0 Å². The number of nitrogens with zero attached hydrogens (tertiary/aromatic N) is 2. The summed E-state index contributed by atoms with van der Waals surface area (Å²) in [5.74, 6) is 0. The summed E-state index contributed by atoms with van der Waals surface area (Å²) in [6.07, 6.45) is 3.70. The van der Waals surface area contributed by atoms with Gasteiger partial charge in [0.25, 0.3) is 0 Å². The van der Waals surface area contributed by atoms with Gasteiger partial charge < -0.3 is 0 Å². The largest absolute Gasteiger partial charge is 0.251 e. The van der Waals surface area contributed by atoms with Gasteiger partial charge in [0.2, 0.25) is 0 Å². The number of aromatic nitrogens is 2. The Balaban J connectivity index is 2.55. The quantitative estimate of drug-likeness (QED) is 0.629. The van der Waals surface area contributed by atoms with Crippen LogP contribution in [-0.4, -0.2) is 8.96 Å². The zero-order chi connectivity index (χ0) is 8.39. The molecule has 2 aromatic rings. The fourth-order valence-electron chi connectivity index (χ4n) is 1.03. The van der Waals surface area contributed by atoms with E-state index in [9.17, 15) is 0 Å². The van der Waals surface area contributed by atoms with Crippen LogP contribution >= 0.6 is 35.2 Å². The Morgan fingerprint density at radius 1 is 1.50 bits per heavy atom. The minimum absolute atomic E-state index is 0.930. The number of pyridine rings is 1. The van der Waals surface area contributed by atoms with Gasteiger partial charge in [0, 0.05) is 17.8 Å². The first-order chi connectivity index (χ1) is 5.92. The summed E-state index contributed by atoms with van der Waals surface area (Å²) in [4.78, 5) is 4.22. The first-order valence-electron chi connectivity index (χ1n) is 3.29. The molecule has 5 heteroatoms. The predicted octanol–water partition coefficient (Wildman–Crippen LogP) is 2.81. The number of rotatable bonds is 2. The van der Waals surface area contributed by atoms with E-state index in [-0.39, 0.29) is 0 Å². The van der Waals surface area contributed by atoms with Crippen LogP contribution in [0.1, 0.15) is 0 Å². The second-order valence-electron chi connectivity index (χ2n) is 2.20. The van der Waals surface area contributed by atoms with Gasteiger partial charge in [-0.25, -0.2) is 7.50 Å². The van der Waals surface area contributed by atoms with Gasteiger partial charge in [-0.15, -0.1) is 0 Å². The van der Waals surface area contributed by atoms with Crippen LogP contribution in [0.15, 0.2) is 30.6 Å². The van der Waals surface area contributed by atoms with E-state index in [1.54, 1.807) is 6.20 Å². The maximum atomic E-state index is 4.90.